The Morgan fingerprint density at radius 3 is 1.66 bits per heavy atom. The second kappa shape index (κ2) is 21.8. The monoisotopic (exact) mass is 743 g/mol. The first-order chi connectivity index (χ1) is 17.2. The van der Waals surface area contributed by atoms with E-state index in [1.807, 2.05) is 22.6 Å². The average Bonchev–Trinajstić information content (AvgIpc) is 2.84. The molecular weight excluding hydrogens is 733 g/mol. The normalized spacial score (nSPS) is 8.51. The molecule has 0 fully saturated rings. The first-order valence-corrected chi connectivity index (χ1v) is 10.3. The number of carboxylic acids is 3. The van der Waals surface area contributed by atoms with E-state index >= 15 is 0 Å². The van der Waals surface area contributed by atoms with Crippen molar-refractivity contribution in [1.82, 2.24) is 0 Å². The smallest absolute Gasteiger partial charge is 1.00 e. The maximum Gasteiger partial charge on any atom is 2.00 e. The number of carbonyl (C=O) groups excluding carboxylic acids is 1. The van der Waals surface area contributed by atoms with Crippen molar-refractivity contribution >= 4 is 104 Å². The van der Waals surface area contributed by atoms with Crippen LogP contribution in [0.3, 0.4) is 0 Å². The maximum atomic E-state index is 10.6. The number of benzene rings is 3. The molecule has 0 aromatic heterocycles. The predicted molar refractivity (Wildman–Crippen MR) is 141 cm³/mol. The van der Waals surface area contributed by atoms with E-state index in [1.54, 1.807) is 0 Å². The molecule has 0 amide bonds. The Balaban J connectivity index is -0.000000239. The predicted octanol–water partition coefficient (Wildman–Crippen LogP) is -3.80. The Bertz CT molecular complexity index is 1270. The van der Waals surface area contributed by atoms with Crippen molar-refractivity contribution in [1.29, 1.82) is 0 Å². The number of rotatable bonds is 6. The van der Waals surface area contributed by atoms with Crippen molar-refractivity contribution in [3.05, 3.63) is 117 Å². The molecule has 208 valence electrons. The summed E-state index contributed by atoms with van der Waals surface area (Å²) in [7, 11) is 0. The fourth-order valence-electron chi connectivity index (χ4n) is 2.23. The molecule has 0 aliphatic rings. The number of aromatic carboxylic acids is 3. The molecule has 0 spiro atoms. The number of non-ortho nitro benzene ring substituents is 3. The summed E-state index contributed by atoms with van der Waals surface area (Å²) >= 11 is 1.81. The van der Waals surface area contributed by atoms with Crippen LogP contribution in [0.15, 0.2) is 60.7 Å². The topological polar surface area (TPSA) is 244 Å². The van der Waals surface area contributed by atoms with Crippen LogP contribution in [-0.4, -0.2) is 89.0 Å². The van der Waals surface area contributed by atoms with Crippen LogP contribution in [0.4, 0.5) is 17.1 Å². The summed E-state index contributed by atoms with van der Waals surface area (Å²) < 4.78 is 0.482. The zero-order valence-corrected chi connectivity index (χ0v) is 26.6. The van der Waals surface area contributed by atoms with Crippen molar-refractivity contribution in [2.24, 2.45) is 0 Å². The van der Waals surface area contributed by atoms with Crippen molar-refractivity contribution < 1.29 is 69.3 Å². The van der Waals surface area contributed by atoms with Crippen LogP contribution >= 0.6 is 22.6 Å². The summed E-state index contributed by atoms with van der Waals surface area (Å²) in [4.78, 5) is 59.8. The third-order valence-electron chi connectivity index (χ3n) is 3.91. The van der Waals surface area contributed by atoms with Gasteiger partial charge < -0.3 is 49.7 Å². The van der Waals surface area contributed by atoms with E-state index in [1.165, 1.54) is 42.5 Å². The van der Waals surface area contributed by atoms with Gasteiger partial charge in [0, 0.05) is 38.3 Å². The third kappa shape index (κ3) is 15.6. The van der Waals surface area contributed by atoms with Crippen molar-refractivity contribution in [3.8, 4) is 0 Å². The summed E-state index contributed by atoms with van der Waals surface area (Å²) in [6.45, 7) is 0. The standard InChI is InChI=1S/C7H4INO4.C7H5NO4.C7H4NO4.2ClH.2Mg/c8-6-2-1-4(9(12)13)3-5(6)7(10)11;2*9-7(10)5-2-1-3-6(4-5)8(11)12;;;;/h1-3H,(H,10,11);1-4H,(H,9,10);1,3-4H,(H,9,10);2*1H;;/q;;-1;;;2*+2/p-3. The number of nitro groups is 3. The van der Waals surface area contributed by atoms with E-state index in [0.717, 1.165) is 18.2 Å². The van der Waals surface area contributed by atoms with Gasteiger partial charge in [0.15, 0.2) is 5.69 Å². The Kier molecular flexibility index (Phi) is 24.0. The van der Waals surface area contributed by atoms with Gasteiger partial charge in [0.05, 0.1) is 21.4 Å². The number of carboxylic acid groups (broad SMARTS) is 3. The molecule has 0 aliphatic carbocycles. The van der Waals surface area contributed by atoms with Gasteiger partial charge in [-0.1, -0.05) is 29.8 Å². The molecule has 3 aromatic rings. The molecule has 0 radical (unpaired) electrons. The largest absolute Gasteiger partial charge is 2.00 e. The maximum absolute atomic E-state index is 10.6. The minimum absolute atomic E-state index is 0. The van der Waals surface area contributed by atoms with Crippen LogP contribution in [-0.2, 0) is 0 Å². The molecule has 0 bridgehead atoms. The first kappa shape index (κ1) is 45.1. The van der Waals surface area contributed by atoms with Gasteiger partial charge in [-0.15, -0.1) is 12.1 Å². The van der Waals surface area contributed by atoms with Crippen LogP contribution in [0.5, 0.6) is 0 Å². The van der Waals surface area contributed by atoms with Crippen LogP contribution in [0.2, 0.25) is 0 Å². The molecule has 41 heavy (non-hydrogen) atoms. The molecule has 0 saturated heterocycles. The molecule has 3 aromatic carbocycles. The second-order valence-corrected chi connectivity index (χ2v) is 7.51. The van der Waals surface area contributed by atoms with E-state index in [9.17, 15) is 49.8 Å². The van der Waals surface area contributed by atoms with Crippen LogP contribution in [0, 0.1) is 40.0 Å². The van der Waals surface area contributed by atoms with Crippen molar-refractivity contribution in [3.63, 3.8) is 0 Å². The van der Waals surface area contributed by atoms with Gasteiger partial charge in [-0.25, -0.2) is 4.79 Å². The minimum atomic E-state index is -1.42. The molecule has 0 atom stereocenters. The summed E-state index contributed by atoms with van der Waals surface area (Å²) in [5.74, 6) is -3.80. The number of hydrogen-bond acceptors (Lipinski definition) is 10. The van der Waals surface area contributed by atoms with E-state index in [2.05, 4.69) is 6.07 Å². The molecule has 0 aliphatic heterocycles. The van der Waals surface area contributed by atoms with Crippen LogP contribution in [0.25, 0.3) is 0 Å². The van der Waals surface area contributed by atoms with Gasteiger partial charge in [-0.05, 0) is 28.7 Å². The number of nitrogens with zero attached hydrogens (tertiary/aromatic N) is 3. The number of nitro benzene ring substituents is 3. The summed E-state index contributed by atoms with van der Waals surface area (Å²) in [5.41, 5.74) is -1.15. The van der Waals surface area contributed by atoms with Crippen molar-refractivity contribution in [2.75, 3.05) is 0 Å². The zero-order valence-electron chi connectivity index (χ0n) is 20.1. The molecule has 0 heterocycles. The van der Waals surface area contributed by atoms with Gasteiger partial charge in [0.1, 0.15) is 0 Å². The summed E-state index contributed by atoms with van der Waals surface area (Å²) in [5, 5.41) is 58.0. The molecule has 0 saturated carbocycles. The van der Waals surface area contributed by atoms with E-state index in [4.69, 9.17) is 10.2 Å². The molecular formula is C21H12Cl2IMg2N3O12. The number of hydrogen-bond donors (Lipinski definition) is 2. The van der Waals surface area contributed by atoms with Crippen molar-refractivity contribution in [2.45, 2.75) is 0 Å². The first-order valence-electron chi connectivity index (χ1n) is 9.27. The SMILES string of the molecule is O=C(O)c1[c-]ccc([N+](=O)[O-])c1.O=C(O)c1cc([N+](=O)[O-])ccc1I.O=C([O-])c1cccc([N+](=O)[O-])c1.[Cl-].[Cl-].[Mg+2].[Mg+2]. The van der Waals surface area contributed by atoms with Gasteiger partial charge in [-0.2, -0.15) is 0 Å². The summed E-state index contributed by atoms with van der Waals surface area (Å²) in [6, 6.07) is 14.1. The fourth-order valence-corrected chi connectivity index (χ4v) is 2.79. The average molecular weight is 745 g/mol. The Morgan fingerprint density at radius 1 is 0.732 bits per heavy atom. The molecule has 2 N–H and O–H groups in total. The zero-order chi connectivity index (χ0) is 28.3. The second-order valence-electron chi connectivity index (χ2n) is 6.34. The molecule has 20 heteroatoms. The Hall–Kier alpha value is -2.89. The van der Waals surface area contributed by atoms with Gasteiger partial charge in [0.25, 0.3) is 11.4 Å². The van der Waals surface area contributed by atoms with Crippen LogP contribution < -0.4 is 29.9 Å². The third-order valence-corrected chi connectivity index (χ3v) is 4.85. The van der Waals surface area contributed by atoms with Crippen LogP contribution in [0.1, 0.15) is 31.1 Å². The van der Waals surface area contributed by atoms with E-state index in [-0.39, 0.29) is 105 Å². The van der Waals surface area contributed by atoms with E-state index in [0.29, 0.717) is 3.57 Å². The number of halogens is 3. The van der Waals surface area contributed by atoms with Gasteiger partial charge in [0.2, 0.25) is 5.97 Å². The molecule has 0 unspecified atom stereocenters. The molecule has 15 nitrogen and oxygen atoms in total. The summed E-state index contributed by atoms with van der Waals surface area (Å²) in [6.07, 6.45) is 0. The minimum Gasteiger partial charge on any atom is -1.00 e. The quantitative estimate of drug-likeness (QED) is 0.0812. The van der Waals surface area contributed by atoms with Gasteiger partial charge in [-0.3, -0.25) is 30.3 Å². The Labute approximate surface area is 288 Å². The Morgan fingerprint density at radius 2 is 1.22 bits per heavy atom. The fraction of sp³-hybridized carbons (Fsp3) is 0. The molecule has 3 rings (SSSR count). The van der Waals surface area contributed by atoms with Gasteiger partial charge >= 0.3 is 52.1 Å². The van der Waals surface area contributed by atoms with E-state index < -0.39 is 32.7 Å². The number of carbonyl (C=O) groups is 3.